The molecule has 5 heteroatoms. The second-order valence-corrected chi connectivity index (χ2v) is 4.42. The highest BCUT2D eigenvalue weighted by Gasteiger charge is 2.32. The highest BCUT2D eigenvalue weighted by molar-refractivity contribution is 4.83. The molecule has 0 aromatic rings. The molecule has 0 spiro atoms. The van der Waals surface area contributed by atoms with Crippen LogP contribution in [0.5, 0.6) is 0 Å². The predicted molar refractivity (Wildman–Crippen MR) is 60.2 cm³/mol. The molecule has 0 bridgehead atoms. The third-order valence-electron chi connectivity index (χ3n) is 2.93. The zero-order valence-electron chi connectivity index (χ0n) is 9.80. The maximum atomic E-state index is 9.72. The van der Waals surface area contributed by atoms with Crippen LogP contribution in [0.3, 0.4) is 0 Å². The number of aliphatic hydroxyl groups excluding tert-OH is 3. The topological polar surface area (TPSA) is 82.0 Å². The van der Waals surface area contributed by atoms with Crippen molar-refractivity contribution in [3.8, 4) is 0 Å². The minimum Gasteiger partial charge on any atom is -0.396 e. The molecule has 0 aliphatic carbocycles. The Morgan fingerprint density at radius 1 is 1.44 bits per heavy atom. The van der Waals surface area contributed by atoms with Crippen molar-refractivity contribution in [3.05, 3.63) is 0 Å². The second-order valence-electron chi connectivity index (χ2n) is 4.42. The van der Waals surface area contributed by atoms with Crippen molar-refractivity contribution in [2.45, 2.75) is 50.5 Å². The molecular weight excluding hydrogens is 210 g/mol. The maximum absolute atomic E-state index is 9.72. The Labute approximate surface area is 96.4 Å². The van der Waals surface area contributed by atoms with Gasteiger partial charge in [0.2, 0.25) is 0 Å². The molecule has 5 nitrogen and oxygen atoms in total. The van der Waals surface area contributed by atoms with Crippen LogP contribution in [0.25, 0.3) is 0 Å². The van der Waals surface area contributed by atoms with E-state index >= 15 is 0 Å². The first-order valence-electron chi connectivity index (χ1n) is 5.97. The van der Waals surface area contributed by atoms with E-state index in [-0.39, 0.29) is 18.8 Å². The van der Waals surface area contributed by atoms with Gasteiger partial charge in [-0.3, -0.25) is 0 Å². The predicted octanol–water partition coefficient (Wildman–Crippen LogP) is -0.752. The standard InChI is InChI=1S/C11H23NO4/c1-8(12-4-2-5-13)7-10-11(15)9(14)3-6-16-10/h8-15H,2-7H2,1H3/t8?,9-,10-,11+/m0/s1. The van der Waals surface area contributed by atoms with Crippen molar-refractivity contribution >= 4 is 0 Å². The molecule has 1 fully saturated rings. The van der Waals surface area contributed by atoms with E-state index in [9.17, 15) is 10.2 Å². The Hall–Kier alpha value is -0.200. The largest absolute Gasteiger partial charge is 0.396 e. The van der Waals surface area contributed by atoms with Crippen LogP contribution in [0.1, 0.15) is 26.2 Å². The summed E-state index contributed by atoms with van der Waals surface area (Å²) in [6.07, 6.45) is 0.161. The van der Waals surface area contributed by atoms with Crippen molar-refractivity contribution in [1.82, 2.24) is 5.32 Å². The van der Waals surface area contributed by atoms with Crippen LogP contribution in [0, 0.1) is 0 Å². The van der Waals surface area contributed by atoms with Gasteiger partial charge in [0.25, 0.3) is 0 Å². The fraction of sp³-hybridized carbons (Fsp3) is 1.00. The van der Waals surface area contributed by atoms with E-state index in [2.05, 4.69) is 5.32 Å². The monoisotopic (exact) mass is 233 g/mol. The maximum Gasteiger partial charge on any atom is 0.106 e. The normalized spacial score (nSPS) is 32.6. The summed E-state index contributed by atoms with van der Waals surface area (Å²) in [6, 6.07) is 0.205. The number of hydrogen-bond donors (Lipinski definition) is 4. The van der Waals surface area contributed by atoms with Crippen LogP contribution in [-0.2, 0) is 4.74 Å². The van der Waals surface area contributed by atoms with Crippen LogP contribution >= 0.6 is 0 Å². The van der Waals surface area contributed by atoms with Gasteiger partial charge in [-0.15, -0.1) is 0 Å². The lowest BCUT2D eigenvalue weighted by molar-refractivity contribution is -0.138. The average molecular weight is 233 g/mol. The third kappa shape index (κ3) is 4.35. The molecule has 1 aliphatic rings. The molecule has 0 aromatic carbocycles. The lowest BCUT2D eigenvalue weighted by atomic mass is 9.97. The smallest absolute Gasteiger partial charge is 0.106 e. The summed E-state index contributed by atoms with van der Waals surface area (Å²) in [5.74, 6) is 0. The molecule has 4 N–H and O–H groups in total. The number of aliphatic hydroxyl groups is 3. The van der Waals surface area contributed by atoms with Gasteiger partial charge in [0.1, 0.15) is 6.10 Å². The Balaban J connectivity index is 2.23. The van der Waals surface area contributed by atoms with Crippen LogP contribution in [0.2, 0.25) is 0 Å². The molecule has 1 rings (SSSR count). The summed E-state index contributed by atoms with van der Waals surface area (Å²) < 4.78 is 5.44. The summed E-state index contributed by atoms with van der Waals surface area (Å²) in [5, 5.41) is 31.1. The summed E-state index contributed by atoms with van der Waals surface area (Å²) in [5.41, 5.74) is 0. The van der Waals surface area contributed by atoms with Gasteiger partial charge in [0.15, 0.2) is 0 Å². The van der Waals surface area contributed by atoms with Crippen LogP contribution in [0.15, 0.2) is 0 Å². The minimum atomic E-state index is -0.782. The molecule has 1 unspecified atom stereocenters. The lowest BCUT2D eigenvalue weighted by Gasteiger charge is -2.33. The van der Waals surface area contributed by atoms with E-state index in [4.69, 9.17) is 9.84 Å². The fourth-order valence-corrected chi connectivity index (χ4v) is 1.92. The van der Waals surface area contributed by atoms with E-state index in [1.54, 1.807) is 0 Å². The summed E-state index contributed by atoms with van der Waals surface area (Å²) in [6.45, 7) is 3.45. The van der Waals surface area contributed by atoms with Crippen molar-refractivity contribution in [2.24, 2.45) is 0 Å². The highest BCUT2D eigenvalue weighted by Crippen LogP contribution is 2.18. The summed E-state index contributed by atoms with van der Waals surface area (Å²) >= 11 is 0. The third-order valence-corrected chi connectivity index (χ3v) is 2.93. The molecule has 1 saturated heterocycles. The lowest BCUT2D eigenvalue weighted by Crippen LogP contribution is -2.47. The van der Waals surface area contributed by atoms with Gasteiger partial charge >= 0.3 is 0 Å². The SMILES string of the molecule is CC(C[C@@H]1OCC[C@H](O)[C@H]1O)NCCCO. The summed E-state index contributed by atoms with van der Waals surface area (Å²) in [4.78, 5) is 0. The van der Waals surface area contributed by atoms with Crippen molar-refractivity contribution in [2.75, 3.05) is 19.8 Å². The number of nitrogens with one attached hydrogen (secondary N) is 1. The van der Waals surface area contributed by atoms with Crippen LogP contribution < -0.4 is 5.32 Å². The Morgan fingerprint density at radius 2 is 2.19 bits per heavy atom. The van der Waals surface area contributed by atoms with Crippen molar-refractivity contribution in [3.63, 3.8) is 0 Å². The number of hydrogen-bond acceptors (Lipinski definition) is 5. The highest BCUT2D eigenvalue weighted by atomic mass is 16.5. The van der Waals surface area contributed by atoms with Gasteiger partial charge < -0.3 is 25.4 Å². The zero-order chi connectivity index (χ0) is 12.0. The van der Waals surface area contributed by atoms with E-state index in [0.717, 1.165) is 13.0 Å². The van der Waals surface area contributed by atoms with Gasteiger partial charge in [-0.05, 0) is 32.7 Å². The van der Waals surface area contributed by atoms with Crippen molar-refractivity contribution in [1.29, 1.82) is 0 Å². The van der Waals surface area contributed by atoms with E-state index < -0.39 is 12.2 Å². The van der Waals surface area contributed by atoms with Crippen LogP contribution in [-0.4, -0.2) is 59.4 Å². The first-order chi connectivity index (χ1) is 7.65. The molecule has 4 atom stereocenters. The average Bonchev–Trinajstić information content (AvgIpc) is 2.25. The van der Waals surface area contributed by atoms with Crippen LogP contribution in [0.4, 0.5) is 0 Å². The fourth-order valence-electron chi connectivity index (χ4n) is 1.92. The van der Waals surface area contributed by atoms with E-state index in [1.807, 2.05) is 6.92 Å². The minimum absolute atomic E-state index is 0.182. The molecular formula is C11H23NO4. The molecule has 96 valence electrons. The molecule has 16 heavy (non-hydrogen) atoms. The van der Waals surface area contributed by atoms with E-state index in [1.165, 1.54) is 0 Å². The van der Waals surface area contributed by atoms with Gasteiger partial charge in [-0.1, -0.05) is 0 Å². The zero-order valence-corrected chi connectivity index (χ0v) is 9.80. The molecule has 0 saturated carbocycles. The van der Waals surface area contributed by atoms with Gasteiger partial charge in [-0.25, -0.2) is 0 Å². The second kappa shape index (κ2) is 7.19. The molecule has 0 aromatic heterocycles. The number of rotatable bonds is 6. The molecule has 1 aliphatic heterocycles. The van der Waals surface area contributed by atoms with Gasteiger partial charge in [0, 0.05) is 19.3 Å². The van der Waals surface area contributed by atoms with E-state index in [0.29, 0.717) is 19.4 Å². The van der Waals surface area contributed by atoms with Gasteiger partial charge in [-0.2, -0.15) is 0 Å². The van der Waals surface area contributed by atoms with Gasteiger partial charge in [0.05, 0.1) is 12.2 Å². The Kier molecular flexibility index (Phi) is 6.23. The van der Waals surface area contributed by atoms with Crippen molar-refractivity contribution < 1.29 is 20.1 Å². The molecule has 0 amide bonds. The number of ether oxygens (including phenoxy) is 1. The molecule has 1 heterocycles. The Bertz CT molecular complexity index is 191. The first kappa shape index (κ1) is 13.9. The first-order valence-corrected chi connectivity index (χ1v) is 5.97. The quantitative estimate of drug-likeness (QED) is 0.454. The summed E-state index contributed by atoms with van der Waals surface area (Å²) in [7, 11) is 0. The Morgan fingerprint density at radius 3 is 2.88 bits per heavy atom. The molecule has 0 radical (unpaired) electrons.